The van der Waals surface area contributed by atoms with Crippen LogP contribution < -0.4 is 15.0 Å². The largest absolute Gasteiger partial charge is 0.497 e. The van der Waals surface area contributed by atoms with Crippen LogP contribution in [0.15, 0.2) is 42.5 Å². The summed E-state index contributed by atoms with van der Waals surface area (Å²) in [5.74, 6) is 0.539. The Balaban J connectivity index is 2.07. The molecule has 0 fully saturated rings. The maximum absolute atomic E-state index is 12.3. The van der Waals surface area contributed by atoms with Gasteiger partial charge in [0.2, 0.25) is 11.8 Å². The van der Waals surface area contributed by atoms with Crippen LogP contribution in [-0.4, -0.2) is 25.5 Å². The van der Waals surface area contributed by atoms with E-state index in [1.165, 1.54) is 6.92 Å². The second kappa shape index (κ2) is 9.04. The number of rotatable bonds is 7. The molecule has 2 rings (SSSR count). The van der Waals surface area contributed by atoms with E-state index in [9.17, 15) is 9.59 Å². The fourth-order valence-electron chi connectivity index (χ4n) is 2.93. The standard InChI is InChI=1S/C21H26N2O3/c1-5-17-8-6-7-15(2)21(17)23(16(3)24)14-13-20(25)22-18-9-11-19(26-4)12-10-18/h6-12H,5,13-14H2,1-4H3,(H,22,25). The van der Waals surface area contributed by atoms with Crippen molar-refractivity contribution in [2.45, 2.75) is 33.6 Å². The summed E-state index contributed by atoms with van der Waals surface area (Å²) in [7, 11) is 1.60. The lowest BCUT2D eigenvalue weighted by atomic mass is 10.0. The Morgan fingerprint density at radius 3 is 2.38 bits per heavy atom. The second-order valence-corrected chi connectivity index (χ2v) is 6.13. The molecule has 0 spiro atoms. The third-order valence-corrected chi connectivity index (χ3v) is 4.29. The molecule has 0 aliphatic carbocycles. The molecular formula is C21H26N2O3. The number of anilines is 2. The van der Waals surface area contributed by atoms with Crippen LogP contribution in [0.2, 0.25) is 0 Å². The molecule has 0 aliphatic rings. The molecule has 0 saturated carbocycles. The molecule has 0 heterocycles. The average Bonchev–Trinajstić information content (AvgIpc) is 2.63. The van der Waals surface area contributed by atoms with Gasteiger partial charge < -0.3 is 15.0 Å². The first-order valence-corrected chi connectivity index (χ1v) is 8.76. The molecule has 0 bridgehead atoms. The van der Waals surface area contributed by atoms with Crippen molar-refractivity contribution >= 4 is 23.2 Å². The number of benzene rings is 2. The second-order valence-electron chi connectivity index (χ2n) is 6.13. The highest BCUT2D eigenvalue weighted by atomic mass is 16.5. The van der Waals surface area contributed by atoms with E-state index in [-0.39, 0.29) is 18.2 Å². The lowest BCUT2D eigenvalue weighted by Crippen LogP contribution is -2.33. The number of aryl methyl sites for hydroxylation is 2. The first-order chi connectivity index (χ1) is 12.5. The van der Waals surface area contributed by atoms with Crippen molar-refractivity contribution < 1.29 is 14.3 Å². The number of nitrogens with one attached hydrogen (secondary N) is 1. The van der Waals surface area contributed by atoms with Gasteiger partial charge in [0.25, 0.3) is 0 Å². The maximum atomic E-state index is 12.3. The summed E-state index contributed by atoms with van der Waals surface area (Å²) in [5, 5.41) is 2.85. The SMILES string of the molecule is CCc1cccc(C)c1N(CCC(=O)Nc1ccc(OC)cc1)C(C)=O. The maximum Gasteiger partial charge on any atom is 0.226 e. The molecule has 0 aromatic heterocycles. The molecule has 5 nitrogen and oxygen atoms in total. The summed E-state index contributed by atoms with van der Waals surface area (Å²) in [6, 6.07) is 13.2. The van der Waals surface area contributed by atoms with E-state index in [2.05, 4.69) is 12.2 Å². The van der Waals surface area contributed by atoms with Crippen LogP contribution in [0.25, 0.3) is 0 Å². The minimum Gasteiger partial charge on any atom is -0.497 e. The lowest BCUT2D eigenvalue weighted by molar-refractivity contribution is -0.117. The number of para-hydroxylation sites is 1. The summed E-state index contributed by atoms with van der Waals surface area (Å²) in [4.78, 5) is 26.2. The van der Waals surface area contributed by atoms with E-state index < -0.39 is 0 Å². The number of hydrogen-bond acceptors (Lipinski definition) is 3. The first-order valence-electron chi connectivity index (χ1n) is 8.76. The van der Waals surface area contributed by atoms with Crippen LogP contribution in [0.1, 0.15) is 31.4 Å². The van der Waals surface area contributed by atoms with Crippen molar-refractivity contribution in [3.63, 3.8) is 0 Å². The number of nitrogens with zero attached hydrogens (tertiary/aromatic N) is 1. The van der Waals surface area contributed by atoms with Gasteiger partial charge in [-0.3, -0.25) is 9.59 Å². The van der Waals surface area contributed by atoms with Gasteiger partial charge >= 0.3 is 0 Å². The zero-order valence-corrected chi connectivity index (χ0v) is 15.8. The van der Waals surface area contributed by atoms with Gasteiger partial charge in [0, 0.05) is 31.3 Å². The number of carbonyl (C=O) groups is 2. The summed E-state index contributed by atoms with van der Waals surface area (Å²) >= 11 is 0. The predicted molar refractivity (Wildman–Crippen MR) is 105 cm³/mol. The van der Waals surface area contributed by atoms with Gasteiger partial charge in [-0.05, 0) is 48.7 Å². The van der Waals surface area contributed by atoms with Crippen LogP contribution in [0, 0.1) is 6.92 Å². The van der Waals surface area contributed by atoms with Gasteiger partial charge in [-0.25, -0.2) is 0 Å². The van der Waals surface area contributed by atoms with Gasteiger partial charge in [-0.1, -0.05) is 25.1 Å². The molecule has 1 N–H and O–H groups in total. The predicted octanol–water partition coefficient (Wildman–Crippen LogP) is 3.95. The quantitative estimate of drug-likeness (QED) is 0.819. The van der Waals surface area contributed by atoms with Crippen LogP contribution in [-0.2, 0) is 16.0 Å². The molecule has 2 aromatic rings. The molecule has 0 aliphatic heterocycles. The molecule has 138 valence electrons. The van der Waals surface area contributed by atoms with E-state index >= 15 is 0 Å². The van der Waals surface area contributed by atoms with Crippen molar-refractivity contribution in [2.24, 2.45) is 0 Å². The number of methoxy groups -OCH3 is 1. The first kappa shape index (κ1) is 19.5. The number of amides is 2. The normalized spacial score (nSPS) is 10.3. The zero-order valence-electron chi connectivity index (χ0n) is 15.8. The Morgan fingerprint density at radius 2 is 1.81 bits per heavy atom. The fraction of sp³-hybridized carbons (Fsp3) is 0.333. The minimum atomic E-state index is -0.131. The fourth-order valence-corrected chi connectivity index (χ4v) is 2.93. The van der Waals surface area contributed by atoms with Crippen molar-refractivity contribution in [1.82, 2.24) is 0 Å². The molecule has 5 heteroatoms. The van der Waals surface area contributed by atoms with Crippen LogP contribution in [0.5, 0.6) is 5.75 Å². The topological polar surface area (TPSA) is 58.6 Å². The van der Waals surface area contributed by atoms with E-state index in [0.29, 0.717) is 12.2 Å². The molecule has 2 aromatic carbocycles. The lowest BCUT2D eigenvalue weighted by Gasteiger charge is -2.25. The van der Waals surface area contributed by atoms with Crippen molar-refractivity contribution in [2.75, 3.05) is 23.9 Å². The number of ether oxygens (including phenoxy) is 1. The summed E-state index contributed by atoms with van der Waals surface area (Å²) in [6.07, 6.45) is 1.06. The average molecular weight is 354 g/mol. The Bertz CT molecular complexity index is 769. The molecule has 26 heavy (non-hydrogen) atoms. The van der Waals surface area contributed by atoms with Gasteiger partial charge in [0.15, 0.2) is 0 Å². The Labute approximate surface area is 155 Å². The molecule has 0 saturated heterocycles. The minimum absolute atomic E-state index is 0.0637. The zero-order chi connectivity index (χ0) is 19.1. The Kier molecular flexibility index (Phi) is 6.78. The third kappa shape index (κ3) is 4.85. The van der Waals surface area contributed by atoms with Crippen molar-refractivity contribution in [3.05, 3.63) is 53.6 Å². The highest BCUT2D eigenvalue weighted by Crippen LogP contribution is 2.26. The molecule has 2 amide bonds. The molecule has 0 atom stereocenters. The van der Waals surface area contributed by atoms with Gasteiger partial charge in [0.1, 0.15) is 5.75 Å². The Hall–Kier alpha value is -2.82. The summed E-state index contributed by atoms with van der Waals surface area (Å²) in [5.41, 5.74) is 3.76. The van der Waals surface area contributed by atoms with Gasteiger partial charge in [-0.15, -0.1) is 0 Å². The smallest absolute Gasteiger partial charge is 0.226 e. The highest BCUT2D eigenvalue weighted by molar-refractivity contribution is 5.95. The van der Waals surface area contributed by atoms with Crippen LogP contribution in [0.4, 0.5) is 11.4 Å². The van der Waals surface area contributed by atoms with Gasteiger partial charge in [0.05, 0.1) is 7.11 Å². The molecular weight excluding hydrogens is 328 g/mol. The molecule has 0 unspecified atom stereocenters. The van der Waals surface area contributed by atoms with E-state index in [1.807, 2.05) is 25.1 Å². The van der Waals surface area contributed by atoms with E-state index in [0.717, 1.165) is 29.0 Å². The highest BCUT2D eigenvalue weighted by Gasteiger charge is 2.18. The third-order valence-electron chi connectivity index (χ3n) is 4.29. The van der Waals surface area contributed by atoms with E-state index in [1.54, 1.807) is 36.3 Å². The van der Waals surface area contributed by atoms with Crippen LogP contribution in [0.3, 0.4) is 0 Å². The Morgan fingerprint density at radius 1 is 1.12 bits per heavy atom. The number of hydrogen-bond donors (Lipinski definition) is 1. The van der Waals surface area contributed by atoms with Crippen molar-refractivity contribution in [3.8, 4) is 5.75 Å². The van der Waals surface area contributed by atoms with Crippen LogP contribution >= 0.6 is 0 Å². The summed E-state index contributed by atoms with van der Waals surface area (Å²) < 4.78 is 5.10. The number of carbonyl (C=O) groups excluding carboxylic acids is 2. The van der Waals surface area contributed by atoms with Crippen molar-refractivity contribution in [1.29, 1.82) is 0 Å². The van der Waals surface area contributed by atoms with Gasteiger partial charge in [-0.2, -0.15) is 0 Å². The summed E-state index contributed by atoms with van der Waals surface area (Å²) in [6.45, 7) is 5.93. The monoisotopic (exact) mass is 354 g/mol. The molecule has 0 radical (unpaired) electrons. The van der Waals surface area contributed by atoms with E-state index in [4.69, 9.17) is 4.74 Å².